The molecule has 4 amide bonds. The third kappa shape index (κ3) is 2.32. The number of carbonyl (C=O) groups is 3. The van der Waals surface area contributed by atoms with Crippen LogP contribution in [0.3, 0.4) is 0 Å². The number of para-hydroxylation sites is 1. The monoisotopic (exact) mass is 380 g/mol. The average molecular weight is 380 g/mol. The molecule has 1 spiro atoms. The number of ether oxygens (including phenoxy) is 2. The molecule has 7 heteroatoms. The van der Waals surface area contributed by atoms with Crippen LogP contribution in [0.1, 0.15) is 17.2 Å². The first kappa shape index (κ1) is 18.0. The molecule has 1 fully saturated rings. The van der Waals surface area contributed by atoms with Crippen molar-refractivity contribution in [3.63, 3.8) is 0 Å². The number of imide groups is 2. The standard InChI is InChI=1S/C21H20N2O5/c1-22-18(24)21(19(25)23(2)20(22)26)12-14-10-7-11-15(27-3)16(14)28-17(21)13-8-5-4-6-9-13/h4-11,17H,12H2,1-3H3/t17-/m1/s1. The van der Waals surface area contributed by atoms with Gasteiger partial charge in [0.05, 0.1) is 7.11 Å². The lowest BCUT2D eigenvalue weighted by atomic mass is 9.69. The first-order valence-electron chi connectivity index (χ1n) is 8.89. The molecule has 2 aliphatic rings. The van der Waals surface area contributed by atoms with Crippen molar-refractivity contribution in [3.05, 3.63) is 59.7 Å². The molecule has 0 unspecified atom stereocenters. The minimum atomic E-state index is -1.57. The van der Waals surface area contributed by atoms with Gasteiger partial charge in [-0.3, -0.25) is 19.4 Å². The van der Waals surface area contributed by atoms with Crippen molar-refractivity contribution >= 4 is 17.8 Å². The summed E-state index contributed by atoms with van der Waals surface area (Å²) in [4.78, 5) is 41.0. The van der Waals surface area contributed by atoms with Gasteiger partial charge in [0.15, 0.2) is 16.9 Å². The topological polar surface area (TPSA) is 76.2 Å². The van der Waals surface area contributed by atoms with E-state index in [9.17, 15) is 14.4 Å². The number of hydrogen-bond donors (Lipinski definition) is 0. The van der Waals surface area contributed by atoms with E-state index in [0.717, 1.165) is 9.80 Å². The molecule has 2 aromatic carbocycles. The lowest BCUT2D eigenvalue weighted by Crippen LogP contribution is -2.67. The summed E-state index contributed by atoms with van der Waals surface area (Å²) < 4.78 is 11.7. The van der Waals surface area contributed by atoms with Gasteiger partial charge in [0.2, 0.25) is 0 Å². The Bertz CT molecular complexity index is 948. The van der Waals surface area contributed by atoms with Crippen molar-refractivity contribution in [3.8, 4) is 11.5 Å². The molecule has 2 aromatic rings. The average Bonchev–Trinajstić information content (AvgIpc) is 2.74. The summed E-state index contributed by atoms with van der Waals surface area (Å²) in [5.41, 5.74) is -0.209. The van der Waals surface area contributed by atoms with Crippen LogP contribution in [-0.4, -0.2) is 48.9 Å². The molecule has 144 valence electrons. The number of urea groups is 1. The normalized spacial score (nSPS) is 20.8. The van der Waals surface area contributed by atoms with Gasteiger partial charge in [0, 0.05) is 20.5 Å². The Morgan fingerprint density at radius 2 is 1.61 bits per heavy atom. The zero-order valence-electron chi connectivity index (χ0n) is 15.8. The van der Waals surface area contributed by atoms with Crippen LogP contribution < -0.4 is 9.47 Å². The summed E-state index contributed by atoms with van der Waals surface area (Å²) in [6, 6.07) is 13.8. The summed E-state index contributed by atoms with van der Waals surface area (Å²) in [6.07, 6.45) is -0.783. The quantitative estimate of drug-likeness (QED) is 0.748. The first-order valence-corrected chi connectivity index (χ1v) is 8.89. The number of amides is 4. The molecule has 1 atom stereocenters. The summed E-state index contributed by atoms with van der Waals surface area (Å²) in [6.45, 7) is 0. The maximum absolute atomic E-state index is 13.4. The Hall–Kier alpha value is -3.35. The number of fused-ring (bicyclic) bond motifs is 1. The van der Waals surface area contributed by atoms with E-state index in [4.69, 9.17) is 9.47 Å². The van der Waals surface area contributed by atoms with E-state index in [2.05, 4.69) is 0 Å². The van der Waals surface area contributed by atoms with E-state index in [-0.39, 0.29) is 6.42 Å². The summed E-state index contributed by atoms with van der Waals surface area (Å²) >= 11 is 0. The highest BCUT2D eigenvalue weighted by Gasteiger charge is 2.63. The van der Waals surface area contributed by atoms with E-state index in [0.29, 0.717) is 22.6 Å². The molecule has 0 saturated carbocycles. The largest absolute Gasteiger partial charge is 0.493 e. The Kier molecular flexibility index (Phi) is 4.10. The smallest absolute Gasteiger partial charge is 0.332 e. The minimum Gasteiger partial charge on any atom is -0.493 e. The van der Waals surface area contributed by atoms with Gasteiger partial charge in [-0.1, -0.05) is 42.5 Å². The van der Waals surface area contributed by atoms with Crippen LogP contribution in [0.25, 0.3) is 0 Å². The fraction of sp³-hybridized carbons (Fsp3) is 0.286. The van der Waals surface area contributed by atoms with Gasteiger partial charge in [-0.15, -0.1) is 0 Å². The molecule has 0 aliphatic carbocycles. The van der Waals surface area contributed by atoms with Crippen LogP contribution in [0.15, 0.2) is 48.5 Å². The van der Waals surface area contributed by atoms with Crippen LogP contribution in [0, 0.1) is 5.41 Å². The minimum absolute atomic E-state index is 0.110. The zero-order valence-corrected chi connectivity index (χ0v) is 15.8. The molecule has 2 heterocycles. The molecular weight excluding hydrogens is 360 g/mol. The molecule has 0 radical (unpaired) electrons. The fourth-order valence-electron chi connectivity index (χ4n) is 4.05. The molecule has 7 nitrogen and oxygen atoms in total. The van der Waals surface area contributed by atoms with Crippen molar-refractivity contribution in [2.24, 2.45) is 5.41 Å². The third-order valence-electron chi connectivity index (χ3n) is 5.48. The lowest BCUT2D eigenvalue weighted by molar-refractivity contribution is -0.166. The number of carbonyl (C=O) groups excluding carboxylic acids is 3. The van der Waals surface area contributed by atoms with E-state index in [1.54, 1.807) is 18.2 Å². The number of methoxy groups -OCH3 is 1. The van der Waals surface area contributed by atoms with E-state index in [1.807, 2.05) is 30.3 Å². The number of benzene rings is 2. The second-order valence-corrected chi connectivity index (χ2v) is 7.02. The van der Waals surface area contributed by atoms with Gasteiger partial charge in [-0.2, -0.15) is 0 Å². The Balaban J connectivity index is 1.96. The molecule has 2 aliphatic heterocycles. The summed E-state index contributed by atoms with van der Waals surface area (Å²) in [7, 11) is 4.31. The number of nitrogens with zero attached hydrogens (tertiary/aromatic N) is 2. The first-order chi connectivity index (χ1) is 13.4. The highest BCUT2D eigenvalue weighted by molar-refractivity contribution is 6.19. The Morgan fingerprint density at radius 3 is 2.21 bits per heavy atom. The van der Waals surface area contributed by atoms with Gasteiger partial charge >= 0.3 is 6.03 Å². The van der Waals surface area contributed by atoms with Crippen molar-refractivity contribution in [2.75, 3.05) is 21.2 Å². The van der Waals surface area contributed by atoms with Crippen molar-refractivity contribution in [1.82, 2.24) is 9.80 Å². The maximum Gasteiger partial charge on any atom is 0.332 e. The highest BCUT2D eigenvalue weighted by atomic mass is 16.5. The SMILES string of the molecule is COc1cccc2c1O[C@H](c1ccccc1)C1(C2)C(=O)N(C)C(=O)N(C)C1=O. The van der Waals surface area contributed by atoms with Gasteiger partial charge in [-0.25, -0.2) is 4.79 Å². The Morgan fingerprint density at radius 1 is 0.964 bits per heavy atom. The number of rotatable bonds is 2. The molecule has 4 rings (SSSR count). The van der Waals surface area contributed by atoms with Gasteiger partial charge in [0.25, 0.3) is 11.8 Å². The lowest BCUT2D eigenvalue weighted by Gasteiger charge is -2.48. The van der Waals surface area contributed by atoms with E-state index < -0.39 is 29.4 Å². The van der Waals surface area contributed by atoms with Crippen LogP contribution in [0.5, 0.6) is 11.5 Å². The van der Waals surface area contributed by atoms with Crippen LogP contribution >= 0.6 is 0 Å². The second kappa shape index (κ2) is 6.37. The molecular formula is C21H20N2O5. The molecule has 28 heavy (non-hydrogen) atoms. The van der Waals surface area contributed by atoms with Crippen LogP contribution in [0.4, 0.5) is 4.79 Å². The molecule has 1 saturated heterocycles. The molecule has 0 bridgehead atoms. The maximum atomic E-state index is 13.4. The van der Waals surface area contributed by atoms with Gasteiger partial charge < -0.3 is 9.47 Å². The van der Waals surface area contributed by atoms with Crippen molar-refractivity contribution in [2.45, 2.75) is 12.5 Å². The highest BCUT2D eigenvalue weighted by Crippen LogP contribution is 2.52. The van der Waals surface area contributed by atoms with E-state index in [1.165, 1.54) is 21.2 Å². The van der Waals surface area contributed by atoms with Crippen LogP contribution in [0.2, 0.25) is 0 Å². The summed E-state index contributed by atoms with van der Waals surface area (Å²) in [5.74, 6) is -0.0973. The third-order valence-corrected chi connectivity index (χ3v) is 5.48. The predicted molar refractivity (Wildman–Crippen MR) is 99.9 cm³/mol. The number of hydrogen-bond acceptors (Lipinski definition) is 5. The second-order valence-electron chi connectivity index (χ2n) is 7.02. The molecule has 0 N–H and O–H groups in total. The zero-order chi connectivity index (χ0) is 20.1. The predicted octanol–water partition coefficient (Wildman–Crippen LogP) is 2.41. The fourth-order valence-corrected chi connectivity index (χ4v) is 4.05. The molecule has 0 aromatic heterocycles. The van der Waals surface area contributed by atoms with Gasteiger partial charge in [-0.05, 0) is 17.2 Å². The van der Waals surface area contributed by atoms with Crippen LogP contribution in [-0.2, 0) is 16.0 Å². The van der Waals surface area contributed by atoms with Crippen molar-refractivity contribution in [1.29, 1.82) is 0 Å². The van der Waals surface area contributed by atoms with E-state index >= 15 is 0 Å². The number of barbiturate groups is 1. The summed E-state index contributed by atoms with van der Waals surface area (Å²) in [5, 5.41) is 0. The Labute approximate surface area is 162 Å². The van der Waals surface area contributed by atoms with Gasteiger partial charge in [0.1, 0.15) is 6.10 Å². The van der Waals surface area contributed by atoms with Crippen molar-refractivity contribution < 1.29 is 23.9 Å².